The summed E-state index contributed by atoms with van der Waals surface area (Å²) in [4.78, 5) is 16.3. The molecule has 0 aliphatic heterocycles. The number of hydrogen-bond acceptors (Lipinski definition) is 3. The van der Waals surface area contributed by atoms with Crippen LogP contribution in [0, 0.1) is 0 Å². The van der Waals surface area contributed by atoms with Gasteiger partial charge in [-0.3, -0.25) is 4.79 Å². The zero-order chi connectivity index (χ0) is 13.3. The fraction of sp³-hybridized carbons (Fsp3) is 0.667. The Morgan fingerprint density at radius 3 is 2.41 bits per heavy atom. The van der Waals surface area contributed by atoms with Crippen molar-refractivity contribution in [2.75, 3.05) is 11.2 Å². The lowest BCUT2D eigenvalue weighted by atomic mass is 10.1. The number of nitrogens with one attached hydrogen (secondary N) is 1. The van der Waals surface area contributed by atoms with Crippen LogP contribution >= 0.6 is 11.6 Å². The molecule has 0 saturated heterocycles. The second kappa shape index (κ2) is 4.69. The average Bonchev–Trinajstić information content (AvgIpc) is 2.19. The first-order valence-corrected chi connectivity index (χ1v) is 6.13. The molecule has 0 aliphatic carbocycles. The van der Waals surface area contributed by atoms with E-state index in [1.54, 1.807) is 17.0 Å². The second-order valence-corrected chi connectivity index (χ2v) is 6.03. The maximum absolute atomic E-state index is 12.2. The van der Waals surface area contributed by atoms with Gasteiger partial charge in [0.1, 0.15) is 0 Å². The number of alkyl halides is 1. The van der Waals surface area contributed by atoms with E-state index in [-0.39, 0.29) is 16.6 Å². The molecule has 5 heteroatoms. The first kappa shape index (κ1) is 14.0. The molecule has 4 nitrogen and oxygen atoms in total. The Hall–Kier alpha value is -1.03. The summed E-state index contributed by atoms with van der Waals surface area (Å²) in [6, 6.07) is 0. The third-order valence-electron chi connectivity index (χ3n) is 2.35. The number of anilines is 1. The normalized spacial score (nSPS) is 12.6. The summed E-state index contributed by atoms with van der Waals surface area (Å²) in [6.07, 6.45) is 3.32. The fourth-order valence-corrected chi connectivity index (χ4v) is 1.45. The molecular formula is C12H20ClN3O. The smallest absolute Gasteiger partial charge is 0.293 e. The summed E-state index contributed by atoms with van der Waals surface area (Å²) in [5.74, 6) is 0.742. The van der Waals surface area contributed by atoms with Gasteiger partial charge in [0.15, 0.2) is 5.82 Å². The summed E-state index contributed by atoms with van der Waals surface area (Å²) >= 11 is 5.83. The Balaban J connectivity index is 3.17. The van der Waals surface area contributed by atoms with Gasteiger partial charge in [0.05, 0.1) is 0 Å². The Kier molecular flexibility index (Phi) is 3.87. The minimum atomic E-state index is -0.356. The summed E-state index contributed by atoms with van der Waals surface area (Å²) in [7, 11) is 0. The van der Waals surface area contributed by atoms with E-state index in [1.165, 1.54) is 0 Å². The highest BCUT2D eigenvalue weighted by Gasteiger charge is 2.21. The van der Waals surface area contributed by atoms with E-state index in [4.69, 9.17) is 11.6 Å². The molecule has 96 valence electrons. The lowest BCUT2D eigenvalue weighted by Crippen LogP contribution is -2.40. The molecule has 1 rings (SSSR count). The van der Waals surface area contributed by atoms with E-state index in [9.17, 15) is 4.79 Å². The zero-order valence-electron chi connectivity index (χ0n) is 11.0. The number of halogens is 1. The maximum atomic E-state index is 12.2. The fourth-order valence-electron chi connectivity index (χ4n) is 1.38. The molecule has 0 aliphatic rings. The molecule has 0 fully saturated rings. The van der Waals surface area contributed by atoms with E-state index < -0.39 is 0 Å². The van der Waals surface area contributed by atoms with Crippen molar-refractivity contribution in [3.63, 3.8) is 0 Å². The molecular weight excluding hydrogens is 238 g/mol. The highest BCUT2D eigenvalue weighted by Crippen LogP contribution is 2.14. The minimum Gasteiger partial charge on any atom is -0.359 e. The monoisotopic (exact) mass is 257 g/mol. The summed E-state index contributed by atoms with van der Waals surface area (Å²) < 4.78 is 1.66. The molecule has 0 radical (unpaired) electrons. The van der Waals surface area contributed by atoms with Gasteiger partial charge in [-0.05, 0) is 34.6 Å². The minimum absolute atomic E-state index is 0.127. The Morgan fingerprint density at radius 1 is 1.35 bits per heavy atom. The molecule has 17 heavy (non-hydrogen) atoms. The number of hydrogen-bond donors (Lipinski definition) is 1. The molecule has 0 bridgehead atoms. The van der Waals surface area contributed by atoms with E-state index in [0.29, 0.717) is 11.7 Å². The van der Waals surface area contributed by atoms with Crippen molar-refractivity contribution in [2.24, 2.45) is 0 Å². The van der Waals surface area contributed by atoms with Crippen LogP contribution in [0.25, 0.3) is 0 Å². The van der Waals surface area contributed by atoms with E-state index in [0.717, 1.165) is 0 Å². The van der Waals surface area contributed by atoms with Gasteiger partial charge in [-0.2, -0.15) is 0 Å². The standard InChI is InChI=1S/C12H20ClN3O/c1-11(2,3)16-7-6-14-9(10(16)17)15-12(4,5)8-13/h6-7H,8H2,1-5H3,(H,14,15). The zero-order valence-corrected chi connectivity index (χ0v) is 11.8. The van der Waals surface area contributed by atoms with Crippen molar-refractivity contribution in [3.05, 3.63) is 22.7 Å². The third kappa shape index (κ3) is 3.46. The van der Waals surface area contributed by atoms with Crippen LogP contribution in [0.5, 0.6) is 0 Å². The second-order valence-electron chi connectivity index (χ2n) is 5.76. The van der Waals surface area contributed by atoms with Crippen LogP contribution in [0.1, 0.15) is 34.6 Å². The summed E-state index contributed by atoms with van der Waals surface area (Å²) in [5.41, 5.74) is -0.745. The van der Waals surface area contributed by atoms with Crippen molar-refractivity contribution < 1.29 is 0 Å². The van der Waals surface area contributed by atoms with Gasteiger partial charge >= 0.3 is 0 Å². The molecule has 1 N–H and O–H groups in total. The van der Waals surface area contributed by atoms with Crippen molar-refractivity contribution in [2.45, 2.75) is 45.7 Å². The first-order chi connectivity index (χ1) is 7.67. The lowest BCUT2D eigenvalue weighted by molar-refractivity contribution is 0.382. The number of nitrogens with zero attached hydrogens (tertiary/aromatic N) is 2. The summed E-state index contributed by atoms with van der Waals surface area (Å²) in [6.45, 7) is 9.78. The highest BCUT2D eigenvalue weighted by molar-refractivity contribution is 6.18. The average molecular weight is 258 g/mol. The van der Waals surface area contributed by atoms with E-state index in [2.05, 4.69) is 10.3 Å². The van der Waals surface area contributed by atoms with Gasteiger partial charge in [-0.25, -0.2) is 4.98 Å². The number of rotatable bonds is 3. The van der Waals surface area contributed by atoms with Crippen LogP contribution in [0.15, 0.2) is 17.2 Å². The predicted molar refractivity (Wildman–Crippen MR) is 71.9 cm³/mol. The molecule has 0 unspecified atom stereocenters. The molecule has 1 heterocycles. The van der Waals surface area contributed by atoms with Gasteiger partial charge < -0.3 is 9.88 Å². The molecule has 0 atom stereocenters. The summed E-state index contributed by atoms with van der Waals surface area (Å²) in [5, 5.41) is 3.07. The SMILES string of the molecule is CC(C)(CCl)Nc1nccn(C(C)(C)C)c1=O. The molecule has 1 aromatic rings. The van der Waals surface area contributed by atoms with Crippen molar-refractivity contribution in [1.82, 2.24) is 9.55 Å². The van der Waals surface area contributed by atoms with Gasteiger partial charge in [-0.15, -0.1) is 11.6 Å². The topological polar surface area (TPSA) is 46.9 Å². The number of aromatic nitrogens is 2. The van der Waals surface area contributed by atoms with Gasteiger partial charge in [0.2, 0.25) is 0 Å². The van der Waals surface area contributed by atoms with Crippen LogP contribution in [0.4, 0.5) is 5.82 Å². The van der Waals surface area contributed by atoms with Crippen LogP contribution in [0.3, 0.4) is 0 Å². The van der Waals surface area contributed by atoms with Gasteiger partial charge in [0, 0.05) is 29.4 Å². The molecule has 0 aromatic carbocycles. The largest absolute Gasteiger partial charge is 0.359 e. The maximum Gasteiger partial charge on any atom is 0.293 e. The quantitative estimate of drug-likeness (QED) is 0.846. The van der Waals surface area contributed by atoms with E-state index >= 15 is 0 Å². The van der Waals surface area contributed by atoms with Crippen molar-refractivity contribution in [3.8, 4) is 0 Å². The predicted octanol–water partition coefficient (Wildman–Crippen LogP) is 2.43. The molecule has 0 spiro atoms. The Bertz CT molecular complexity index is 446. The van der Waals surface area contributed by atoms with Crippen LogP contribution in [-0.4, -0.2) is 21.0 Å². The van der Waals surface area contributed by atoms with Crippen LogP contribution < -0.4 is 10.9 Å². The van der Waals surface area contributed by atoms with Gasteiger partial charge in [-0.1, -0.05) is 0 Å². The van der Waals surface area contributed by atoms with Gasteiger partial charge in [0.25, 0.3) is 5.56 Å². The van der Waals surface area contributed by atoms with Crippen LogP contribution in [0.2, 0.25) is 0 Å². The highest BCUT2D eigenvalue weighted by atomic mass is 35.5. The molecule has 1 aromatic heterocycles. The van der Waals surface area contributed by atoms with Crippen molar-refractivity contribution >= 4 is 17.4 Å². The first-order valence-electron chi connectivity index (χ1n) is 5.60. The molecule has 0 saturated carbocycles. The van der Waals surface area contributed by atoms with Crippen LogP contribution in [-0.2, 0) is 5.54 Å². The lowest BCUT2D eigenvalue weighted by Gasteiger charge is -2.26. The van der Waals surface area contributed by atoms with Crippen molar-refractivity contribution in [1.29, 1.82) is 0 Å². The Morgan fingerprint density at radius 2 is 1.94 bits per heavy atom. The Labute approximate surface area is 107 Å². The third-order valence-corrected chi connectivity index (χ3v) is 3.02. The molecule has 0 amide bonds. The van der Waals surface area contributed by atoms with E-state index in [1.807, 2.05) is 34.6 Å².